The summed E-state index contributed by atoms with van der Waals surface area (Å²) >= 11 is 1.36. The Morgan fingerprint density at radius 2 is 1.62 bits per heavy atom. The van der Waals surface area contributed by atoms with E-state index in [0.29, 0.717) is 21.9 Å². The summed E-state index contributed by atoms with van der Waals surface area (Å²) in [6, 6.07) is 13.6. The normalized spacial score (nSPS) is 13.1. The van der Waals surface area contributed by atoms with E-state index in [4.69, 9.17) is 0 Å². The Hall–Kier alpha value is -3.39. The molecule has 146 valence electrons. The zero-order valence-corrected chi connectivity index (χ0v) is 16.7. The highest BCUT2D eigenvalue weighted by atomic mass is 32.1. The van der Waals surface area contributed by atoms with Crippen LogP contribution in [0.2, 0.25) is 0 Å². The maximum atomic E-state index is 12.6. The fourth-order valence-electron chi connectivity index (χ4n) is 3.05. The van der Waals surface area contributed by atoms with E-state index >= 15 is 0 Å². The molecule has 0 unspecified atom stereocenters. The zero-order valence-electron chi connectivity index (χ0n) is 15.9. The van der Waals surface area contributed by atoms with Gasteiger partial charge in [0.05, 0.1) is 23.2 Å². The third-order valence-electron chi connectivity index (χ3n) is 4.53. The first kappa shape index (κ1) is 18.9. The first-order valence-corrected chi connectivity index (χ1v) is 9.95. The average Bonchev–Trinajstić information content (AvgIpc) is 3.26. The molecule has 0 bridgehead atoms. The lowest BCUT2D eigenvalue weighted by Gasteiger charge is -2.14. The summed E-state index contributed by atoms with van der Waals surface area (Å²) < 4.78 is 0. The molecular formula is C21H18N4O3S. The highest BCUT2D eigenvalue weighted by Crippen LogP contribution is 2.28. The van der Waals surface area contributed by atoms with Gasteiger partial charge in [0, 0.05) is 5.92 Å². The van der Waals surface area contributed by atoms with Crippen LogP contribution in [0, 0.1) is 0 Å². The molecule has 1 aromatic heterocycles. The molecule has 0 saturated carbocycles. The Kier molecular flexibility index (Phi) is 4.94. The van der Waals surface area contributed by atoms with Crippen molar-refractivity contribution in [1.82, 2.24) is 10.2 Å². The van der Waals surface area contributed by atoms with Crippen LogP contribution >= 0.6 is 11.3 Å². The van der Waals surface area contributed by atoms with Gasteiger partial charge in [-0.15, -0.1) is 10.2 Å². The molecule has 0 spiro atoms. The number of amides is 3. The minimum Gasteiger partial charge on any atom is -0.300 e. The van der Waals surface area contributed by atoms with Gasteiger partial charge < -0.3 is 5.32 Å². The monoisotopic (exact) mass is 406 g/mol. The minimum atomic E-state index is -0.340. The fourth-order valence-corrected chi connectivity index (χ4v) is 3.82. The number of anilines is 2. The number of carbonyl (C=O) groups is 3. The van der Waals surface area contributed by atoms with E-state index in [1.165, 1.54) is 11.3 Å². The largest absolute Gasteiger partial charge is 0.300 e. The van der Waals surface area contributed by atoms with Crippen LogP contribution in [-0.4, -0.2) is 27.9 Å². The molecule has 1 N–H and O–H groups in total. The Bertz CT molecular complexity index is 1070. The zero-order chi connectivity index (χ0) is 20.5. The predicted octanol–water partition coefficient (Wildman–Crippen LogP) is 3.64. The Morgan fingerprint density at radius 3 is 2.17 bits per heavy atom. The number of nitrogens with one attached hydrogen (secondary N) is 1. The third-order valence-corrected chi connectivity index (χ3v) is 5.67. The van der Waals surface area contributed by atoms with Crippen LogP contribution in [0.5, 0.6) is 0 Å². The second-order valence-corrected chi connectivity index (χ2v) is 7.99. The smallest absolute Gasteiger partial charge is 0.266 e. The molecule has 1 aliphatic heterocycles. The summed E-state index contributed by atoms with van der Waals surface area (Å²) in [5.74, 6) is -0.626. The molecule has 2 heterocycles. The average molecular weight is 406 g/mol. The van der Waals surface area contributed by atoms with Crippen molar-refractivity contribution in [2.24, 2.45) is 0 Å². The highest BCUT2D eigenvalue weighted by molar-refractivity contribution is 7.15. The van der Waals surface area contributed by atoms with Crippen molar-refractivity contribution in [2.45, 2.75) is 26.2 Å². The lowest BCUT2D eigenvalue weighted by molar-refractivity contribution is -0.115. The van der Waals surface area contributed by atoms with Gasteiger partial charge >= 0.3 is 0 Å². The lowest BCUT2D eigenvalue weighted by atomic mass is 10.1. The molecule has 0 atom stereocenters. The topological polar surface area (TPSA) is 92.3 Å². The molecule has 2 aromatic carbocycles. The molecule has 0 aliphatic carbocycles. The summed E-state index contributed by atoms with van der Waals surface area (Å²) in [6.07, 6.45) is 0.152. The number of rotatable bonds is 5. The number of carbonyl (C=O) groups excluding carboxylic acids is 3. The van der Waals surface area contributed by atoms with Crippen molar-refractivity contribution in [3.63, 3.8) is 0 Å². The summed E-state index contributed by atoms with van der Waals surface area (Å²) in [5, 5.41) is 12.1. The van der Waals surface area contributed by atoms with Crippen molar-refractivity contribution >= 4 is 39.9 Å². The van der Waals surface area contributed by atoms with Crippen LogP contribution in [0.3, 0.4) is 0 Å². The van der Waals surface area contributed by atoms with Gasteiger partial charge in [0.1, 0.15) is 5.01 Å². The van der Waals surface area contributed by atoms with Crippen molar-refractivity contribution in [3.8, 4) is 0 Å². The highest BCUT2D eigenvalue weighted by Gasteiger charge is 2.36. The fraction of sp³-hybridized carbons (Fsp3) is 0.190. The molecule has 0 radical (unpaired) electrons. The minimum absolute atomic E-state index is 0.152. The lowest BCUT2D eigenvalue weighted by Crippen LogP contribution is -2.29. The van der Waals surface area contributed by atoms with Crippen LogP contribution in [0.15, 0.2) is 48.5 Å². The molecule has 0 fully saturated rings. The summed E-state index contributed by atoms with van der Waals surface area (Å²) in [6.45, 7) is 4.03. The summed E-state index contributed by atoms with van der Waals surface area (Å²) in [7, 11) is 0. The number of imide groups is 1. The van der Waals surface area contributed by atoms with E-state index < -0.39 is 0 Å². The van der Waals surface area contributed by atoms with Crippen molar-refractivity contribution in [2.75, 3.05) is 10.2 Å². The van der Waals surface area contributed by atoms with Gasteiger partial charge in [0.25, 0.3) is 11.8 Å². The Labute approximate surface area is 171 Å². The van der Waals surface area contributed by atoms with Gasteiger partial charge in [-0.3, -0.25) is 14.4 Å². The van der Waals surface area contributed by atoms with Crippen molar-refractivity contribution in [3.05, 3.63) is 70.2 Å². The van der Waals surface area contributed by atoms with E-state index in [-0.39, 0.29) is 30.1 Å². The first-order valence-electron chi connectivity index (χ1n) is 9.14. The summed E-state index contributed by atoms with van der Waals surface area (Å²) in [5.41, 5.74) is 2.04. The molecule has 3 aromatic rings. The second-order valence-electron chi connectivity index (χ2n) is 6.98. The van der Waals surface area contributed by atoms with E-state index in [0.717, 1.165) is 15.5 Å². The van der Waals surface area contributed by atoms with E-state index in [1.54, 1.807) is 48.5 Å². The van der Waals surface area contributed by atoms with Crippen LogP contribution in [0.25, 0.3) is 0 Å². The standard InChI is InChI=1S/C21H18N4O3S/c1-12(2)18-23-24-21(29-18)22-17(26)11-13-7-9-14(10-8-13)25-19(27)15-5-3-4-6-16(15)20(25)28/h3-10,12H,11H2,1-2H3,(H,22,24,26). The quantitative estimate of drug-likeness (QED) is 0.653. The maximum Gasteiger partial charge on any atom is 0.266 e. The van der Waals surface area contributed by atoms with Crippen molar-refractivity contribution in [1.29, 1.82) is 0 Å². The molecule has 4 rings (SSSR count). The second kappa shape index (κ2) is 7.56. The molecule has 0 saturated heterocycles. The predicted molar refractivity (Wildman–Crippen MR) is 110 cm³/mol. The number of aromatic nitrogens is 2. The van der Waals surface area contributed by atoms with Crippen LogP contribution in [0.1, 0.15) is 51.1 Å². The van der Waals surface area contributed by atoms with Crippen LogP contribution in [0.4, 0.5) is 10.8 Å². The van der Waals surface area contributed by atoms with Gasteiger partial charge in [-0.05, 0) is 29.8 Å². The molecule has 29 heavy (non-hydrogen) atoms. The van der Waals surface area contributed by atoms with E-state index in [1.807, 2.05) is 13.8 Å². The third kappa shape index (κ3) is 3.66. The Balaban J connectivity index is 1.44. The van der Waals surface area contributed by atoms with Crippen LogP contribution < -0.4 is 10.2 Å². The van der Waals surface area contributed by atoms with E-state index in [2.05, 4.69) is 15.5 Å². The van der Waals surface area contributed by atoms with Crippen molar-refractivity contribution < 1.29 is 14.4 Å². The number of hydrogen-bond donors (Lipinski definition) is 1. The van der Waals surface area contributed by atoms with Gasteiger partial charge in [0.2, 0.25) is 11.0 Å². The Morgan fingerprint density at radius 1 is 1.00 bits per heavy atom. The van der Waals surface area contributed by atoms with Gasteiger partial charge in [-0.2, -0.15) is 0 Å². The van der Waals surface area contributed by atoms with Gasteiger partial charge in [-0.25, -0.2) is 4.90 Å². The number of benzene rings is 2. The SMILES string of the molecule is CC(C)c1nnc(NC(=O)Cc2ccc(N3C(=O)c4ccccc4C3=O)cc2)s1. The molecule has 7 nitrogen and oxygen atoms in total. The number of fused-ring (bicyclic) bond motifs is 1. The van der Waals surface area contributed by atoms with E-state index in [9.17, 15) is 14.4 Å². The molecule has 8 heteroatoms. The molecule has 1 aliphatic rings. The van der Waals surface area contributed by atoms with Gasteiger partial charge in [0.15, 0.2) is 0 Å². The summed E-state index contributed by atoms with van der Waals surface area (Å²) in [4.78, 5) is 38.5. The number of hydrogen-bond acceptors (Lipinski definition) is 6. The van der Waals surface area contributed by atoms with Crippen LogP contribution in [-0.2, 0) is 11.2 Å². The maximum absolute atomic E-state index is 12.6. The molecular weight excluding hydrogens is 388 g/mol. The first-order chi connectivity index (χ1) is 13.9. The number of nitrogens with zero attached hydrogens (tertiary/aromatic N) is 3. The molecule has 3 amide bonds. The van der Waals surface area contributed by atoms with Gasteiger partial charge in [-0.1, -0.05) is 49.4 Å².